The van der Waals surface area contributed by atoms with Crippen LogP contribution in [0.4, 0.5) is 0 Å². The Kier molecular flexibility index (Phi) is 6.08. The van der Waals surface area contributed by atoms with Gasteiger partial charge in [-0.15, -0.1) is 0 Å². The van der Waals surface area contributed by atoms with E-state index in [0.717, 1.165) is 5.56 Å². The summed E-state index contributed by atoms with van der Waals surface area (Å²) in [5.41, 5.74) is 1.17. The molecule has 0 aromatic heterocycles. The van der Waals surface area contributed by atoms with Crippen LogP contribution in [0.2, 0.25) is 0 Å². The average Bonchev–Trinajstić information content (AvgIpc) is 2.60. The smallest absolute Gasteiger partial charge is 0.325 e. The Bertz CT molecular complexity index is 700. The largest absolute Gasteiger partial charge is 0.480 e. The van der Waals surface area contributed by atoms with Gasteiger partial charge in [0.2, 0.25) is 5.91 Å². The SMILES string of the molecule is O=C(CNC(=O)C(C(=O)O)c1ccccc1)OCc1ccccc1. The third-order valence-electron chi connectivity index (χ3n) is 3.29. The van der Waals surface area contributed by atoms with Gasteiger partial charge in [0.05, 0.1) is 0 Å². The Morgan fingerprint density at radius 1 is 0.958 bits per heavy atom. The van der Waals surface area contributed by atoms with Crippen LogP contribution in [0.25, 0.3) is 0 Å². The van der Waals surface area contributed by atoms with Crippen LogP contribution in [0.5, 0.6) is 0 Å². The van der Waals surface area contributed by atoms with Crippen LogP contribution in [0, 0.1) is 0 Å². The van der Waals surface area contributed by atoms with Crippen molar-refractivity contribution in [3.8, 4) is 0 Å². The number of hydrogen-bond donors (Lipinski definition) is 2. The fraction of sp³-hybridized carbons (Fsp3) is 0.167. The highest BCUT2D eigenvalue weighted by Crippen LogP contribution is 2.15. The number of nitrogens with one attached hydrogen (secondary N) is 1. The molecule has 124 valence electrons. The van der Waals surface area contributed by atoms with E-state index in [-0.39, 0.29) is 13.2 Å². The molecule has 0 radical (unpaired) electrons. The first kappa shape index (κ1) is 17.2. The number of carbonyl (C=O) groups is 3. The fourth-order valence-corrected chi connectivity index (χ4v) is 2.10. The number of esters is 1. The lowest BCUT2D eigenvalue weighted by atomic mass is 9.98. The van der Waals surface area contributed by atoms with Crippen molar-refractivity contribution in [2.45, 2.75) is 12.5 Å². The molecule has 0 bridgehead atoms. The van der Waals surface area contributed by atoms with Crippen molar-refractivity contribution >= 4 is 17.8 Å². The second-order valence-corrected chi connectivity index (χ2v) is 5.05. The summed E-state index contributed by atoms with van der Waals surface area (Å²) in [6.45, 7) is -0.293. The maximum Gasteiger partial charge on any atom is 0.325 e. The normalized spacial score (nSPS) is 11.3. The van der Waals surface area contributed by atoms with E-state index in [1.165, 1.54) is 0 Å². The van der Waals surface area contributed by atoms with Crippen LogP contribution in [0.15, 0.2) is 60.7 Å². The Balaban J connectivity index is 1.86. The van der Waals surface area contributed by atoms with Crippen molar-refractivity contribution in [1.29, 1.82) is 0 Å². The Labute approximate surface area is 139 Å². The van der Waals surface area contributed by atoms with E-state index >= 15 is 0 Å². The second kappa shape index (κ2) is 8.47. The van der Waals surface area contributed by atoms with Gasteiger partial charge in [0.1, 0.15) is 13.2 Å². The molecule has 2 aromatic rings. The lowest BCUT2D eigenvalue weighted by Gasteiger charge is -2.13. The molecular weight excluding hydrogens is 310 g/mol. The molecule has 1 unspecified atom stereocenters. The predicted octanol–water partition coefficient (Wildman–Crippen LogP) is 1.71. The summed E-state index contributed by atoms with van der Waals surface area (Å²) in [7, 11) is 0. The third-order valence-corrected chi connectivity index (χ3v) is 3.29. The molecule has 1 atom stereocenters. The van der Waals surface area contributed by atoms with Crippen molar-refractivity contribution in [1.82, 2.24) is 5.32 Å². The molecule has 0 aliphatic heterocycles. The number of rotatable bonds is 7. The molecule has 6 heteroatoms. The minimum absolute atomic E-state index is 0.0938. The molecular formula is C18H17NO5. The minimum atomic E-state index is -1.37. The summed E-state index contributed by atoms with van der Waals surface area (Å²) in [5.74, 6) is -4.04. The molecule has 2 aromatic carbocycles. The number of hydrogen-bond acceptors (Lipinski definition) is 4. The molecule has 24 heavy (non-hydrogen) atoms. The van der Waals surface area contributed by atoms with Crippen LogP contribution >= 0.6 is 0 Å². The van der Waals surface area contributed by atoms with Gasteiger partial charge in [-0.05, 0) is 11.1 Å². The van der Waals surface area contributed by atoms with Gasteiger partial charge in [-0.3, -0.25) is 14.4 Å². The van der Waals surface area contributed by atoms with Gasteiger partial charge in [-0.2, -0.15) is 0 Å². The summed E-state index contributed by atoms with van der Waals surface area (Å²) in [6, 6.07) is 17.2. The van der Waals surface area contributed by atoms with Crippen molar-refractivity contribution < 1.29 is 24.2 Å². The van der Waals surface area contributed by atoms with Crippen LogP contribution in [-0.2, 0) is 25.7 Å². The van der Waals surface area contributed by atoms with Crippen molar-refractivity contribution in [3.63, 3.8) is 0 Å². The first-order chi connectivity index (χ1) is 11.6. The highest BCUT2D eigenvalue weighted by Gasteiger charge is 2.28. The van der Waals surface area contributed by atoms with Crippen LogP contribution < -0.4 is 5.32 Å². The number of carboxylic acid groups (broad SMARTS) is 1. The van der Waals surface area contributed by atoms with Gasteiger partial charge >= 0.3 is 11.9 Å². The number of carboxylic acids is 1. The second-order valence-electron chi connectivity index (χ2n) is 5.05. The summed E-state index contributed by atoms with van der Waals surface area (Å²) < 4.78 is 5.02. The van der Waals surface area contributed by atoms with E-state index in [1.54, 1.807) is 30.3 Å². The summed E-state index contributed by atoms with van der Waals surface area (Å²) in [4.78, 5) is 35.0. The van der Waals surface area contributed by atoms with Gasteiger partial charge in [-0.1, -0.05) is 60.7 Å². The highest BCUT2D eigenvalue weighted by atomic mass is 16.5. The van der Waals surface area contributed by atoms with Gasteiger partial charge in [0.25, 0.3) is 0 Å². The van der Waals surface area contributed by atoms with E-state index in [2.05, 4.69) is 5.32 Å². The number of amides is 1. The quantitative estimate of drug-likeness (QED) is 0.596. The number of aliphatic carboxylic acids is 1. The van der Waals surface area contributed by atoms with Crippen LogP contribution in [0.3, 0.4) is 0 Å². The Hall–Kier alpha value is -3.15. The Morgan fingerprint density at radius 3 is 2.12 bits per heavy atom. The third kappa shape index (κ3) is 4.95. The van der Waals surface area contributed by atoms with Crippen LogP contribution in [-0.4, -0.2) is 29.5 Å². The molecule has 0 heterocycles. The van der Waals surface area contributed by atoms with E-state index in [9.17, 15) is 19.5 Å². The zero-order valence-electron chi connectivity index (χ0n) is 12.8. The van der Waals surface area contributed by atoms with Gasteiger partial charge in [0.15, 0.2) is 5.92 Å². The summed E-state index contributed by atoms with van der Waals surface area (Å²) >= 11 is 0. The van der Waals surface area contributed by atoms with E-state index in [0.29, 0.717) is 5.56 Å². The maximum atomic E-state index is 12.1. The monoisotopic (exact) mass is 327 g/mol. The van der Waals surface area contributed by atoms with Crippen molar-refractivity contribution in [2.24, 2.45) is 0 Å². The summed E-state index contributed by atoms with van der Waals surface area (Å²) in [6.07, 6.45) is 0. The van der Waals surface area contributed by atoms with Crippen LogP contribution in [0.1, 0.15) is 17.0 Å². The first-order valence-electron chi connectivity index (χ1n) is 7.33. The van der Waals surface area contributed by atoms with E-state index < -0.39 is 23.8 Å². The number of ether oxygens (including phenoxy) is 1. The topological polar surface area (TPSA) is 92.7 Å². The summed E-state index contributed by atoms with van der Waals surface area (Å²) in [5, 5.41) is 11.5. The zero-order chi connectivity index (χ0) is 17.4. The molecule has 0 aliphatic rings. The zero-order valence-corrected chi connectivity index (χ0v) is 12.8. The molecule has 2 N–H and O–H groups in total. The molecule has 0 aliphatic carbocycles. The van der Waals surface area contributed by atoms with Crippen molar-refractivity contribution in [3.05, 3.63) is 71.8 Å². The standard InChI is InChI=1S/C18H17NO5/c20-15(24-12-13-7-3-1-4-8-13)11-19-17(21)16(18(22)23)14-9-5-2-6-10-14/h1-10,16H,11-12H2,(H,19,21)(H,22,23). The molecule has 2 rings (SSSR count). The molecule has 6 nitrogen and oxygen atoms in total. The highest BCUT2D eigenvalue weighted by molar-refractivity contribution is 6.03. The maximum absolute atomic E-state index is 12.1. The molecule has 1 amide bonds. The molecule has 0 fully saturated rings. The molecule has 0 saturated carbocycles. The van der Waals surface area contributed by atoms with Gasteiger partial charge in [0, 0.05) is 0 Å². The fourth-order valence-electron chi connectivity index (χ4n) is 2.10. The van der Waals surface area contributed by atoms with Crippen molar-refractivity contribution in [2.75, 3.05) is 6.54 Å². The number of benzene rings is 2. The van der Waals surface area contributed by atoms with Gasteiger partial charge < -0.3 is 15.2 Å². The first-order valence-corrected chi connectivity index (χ1v) is 7.33. The predicted molar refractivity (Wildman–Crippen MR) is 86.1 cm³/mol. The van der Waals surface area contributed by atoms with E-state index in [4.69, 9.17) is 4.74 Å². The van der Waals surface area contributed by atoms with E-state index in [1.807, 2.05) is 30.3 Å². The average molecular weight is 327 g/mol. The lowest BCUT2D eigenvalue weighted by molar-refractivity contribution is -0.148. The number of carbonyl (C=O) groups excluding carboxylic acids is 2. The lowest BCUT2D eigenvalue weighted by Crippen LogP contribution is -2.37. The Morgan fingerprint density at radius 2 is 1.54 bits per heavy atom. The molecule has 0 spiro atoms. The molecule has 0 saturated heterocycles. The minimum Gasteiger partial charge on any atom is -0.480 e. The van der Waals surface area contributed by atoms with Gasteiger partial charge in [-0.25, -0.2) is 0 Å².